The Morgan fingerprint density at radius 3 is 3.07 bits per heavy atom. The molecule has 7 nitrogen and oxygen atoms in total. The number of pyridine rings is 1. The third-order valence-corrected chi connectivity index (χ3v) is 5.44. The largest absolute Gasteiger partial charge is 0.442 e. The van der Waals surface area contributed by atoms with Gasteiger partial charge in [0.25, 0.3) is 0 Å². The molecule has 0 saturated heterocycles. The van der Waals surface area contributed by atoms with Crippen molar-refractivity contribution in [2.45, 2.75) is 32.2 Å². The molecule has 0 amide bonds. The number of hydrogen-bond acceptors (Lipinski definition) is 6. The molecular weight excluding hydrogens is 352 g/mol. The quantitative estimate of drug-likeness (QED) is 0.558. The summed E-state index contributed by atoms with van der Waals surface area (Å²) in [6.45, 7) is 2.02. The Hall–Kier alpha value is -3.66. The number of nitriles is 1. The fraction of sp³-hybridized carbons (Fsp3) is 0.238. The van der Waals surface area contributed by atoms with Gasteiger partial charge >= 0.3 is 0 Å². The Morgan fingerprint density at radius 1 is 1.32 bits per heavy atom. The van der Waals surface area contributed by atoms with E-state index in [9.17, 15) is 5.26 Å². The Kier molecular flexibility index (Phi) is 3.83. The highest BCUT2D eigenvalue weighted by Gasteiger charge is 2.24. The molecule has 0 unspecified atom stereocenters. The van der Waals surface area contributed by atoms with Crippen LogP contribution in [0.5, 0.6) is 0 Å². The number of nitrogens with one attached hydrogen (secondary N) is 2. The third kappa shape index (κ3) is 2.62. The summed E-state index contributed by atoms with van der Waals surface area (Å²) in [6, 6.07) is 8.47. The molecule has 7 heteroatoms. The van der Waals surface area contributed by atoms with Crippen molar-refractivity contribution in [1.82, 2.24) is 20.2 Å². The summed E-state index contributed by atoms with van der Waals surface area (Å²) >= 11 is 0. The second-order valence-electron chi connectivity index (χ2n) is 7.06. The predicted octanol–water partition coefficient (Wildman–Crippen LogP) is 4.28. The Labute approximate surface area is 161 Å². The minimum Gasteiger partial charge on any atom is -0.442 e. The molecule has 2 N–H and O–H groups in total. The number of hydrogen-bond donors (Lipinski definition) is 2. The number of H-pyrrole nitrogens is 1. The summed E-state index contributed by atoms with van der Waals surface area (Å²) in [5, 5.41) is 21.3. The first-order valence-electron chi connectivity index (χ1n) is 9.26. The van der Waals surface area contributed by atoms with E-state index in [0.29, 0.717) is 11.3 Å². The van der Waals surface area contributed by atoms with E-state index in [1.165, 1.54) is 12.0 Å². The zero-order valence-electron chi connectivity index (χ0n) is 15.4. The van der Waals surface area contributed by atoms with Crippen LogP contribution in [0, 0.1) is 18.3 Å². The number of aromatic amines is 1. The molecule has 1 aliphatic rings. The van der Waals surface area contributed by atoms with Crippen LogP contribution in [0.1, 0.15) is 41.3 Å². The van der Waals surface area contributed by atoms with Crippen LogP contribution in [0.4, 0.5) is 5.69 Å². The maximum absolute atomic E-state index is 9.28. The van der Waals surface area contributed by atoms with E-state index in [2.05, 4.69) is 37.6 Å². The first-order valence-corrected chi connectivity index (χ1v) is 9.26. The summed E-state index contributed by atoms with van der Waals surface area (Å²) in [7, 11) is 0. The Bertz CT molecular complexity index is 1200. The third-order valence-electron chi connectivity index (χ3n) is 5.44. The topological polar surface area (TPSA) is 103 Å². The van der Waals surface area contributed by atoms with Gasteiger partial charge in [-0.3, -0.25) is 10.1 Å². The van der Waals surface area contributed by atoms with Crippen LogP contribution in [0.25, 0.3) is 22.4 Å². The molecule has 0 spiro atoms. The molecule has 0 aliphatic heterocycles. The lowest BCUT2D eigenvalue weighted by atomic mass is 9.87. The lowest BCUT2D eigenvalue weighted by molar-refractivity contribution is 0.570. The minimum atomic E-state index is 0.119. The summed E-state index contributed by atoms with van der Waals surface area (Å²) in [5.41, 5.74) is 6.64. The van der Waals surface area contributed by atoms with E-state index >= 15 is 0 Å². The van der Waals surface area contributed by atoms with E-state index in [4.69, 9.17) is 4.42 Å². The predicted molar refractivity (Wildman–Crippen MR) is 105 cm³/mol. The average Bonchev–Trinajstić information content (AvgIpc) is 3.38. The fourth-order valence-corrected chi connectivity index (χ4v) is 3.98. The molecule has 28 heavy (non-hydrogen) atoms. The highest BCUT2D eigenvalue weighted by atomic mass is 16.3. The van der Waals surface area contributed by atoms with Crippen molar-refractivity contribution in [2.24, 2.45) is 0 Å². The van der Waals surface area contributed by atoms with Gasteiger partial charge in [-0.25, -0.2) is 4.98 Å². The Morgan fingerprint density at radius 2 is 2.25 bits per heavy atom. The molecule has 0 saturated carbocycles. The lowest BCUT2D eigenvalue weighted by Gasteiger charge is -2.27. The van der Waals surface area contributed by atoms with Gasteiger partial charge in [0.15, 0.2) is 12.2 Å². The SMILES string of the molecule is Cc1c(C#N)cnc2c1CCC[C@H]2Nc1ccc2[nH]nc(-c3cnco3)c2c1. The molecule has 0 radical (unpaired) electrons. The van der Waals surface area contributed by atoms with E-state index in [1.807, 2.05) is 19.1 Å². The molecule has 0 fully saturated rings. The number of benzene rings is 1. The van der Waals surface area contributed by atoms with Crippen LogP contribution < -0.4 is 5.32 Å². The van der Waals surface area contributed by atoms with Gasteiger partial charge in [0, 0.05) is 17.3 Å². The van der Waals surface area contributed by atoms with Gasteiger partial charge in [-0.2, -0.15) is 10.4 Å². The van der Waals surface area contributed by atoms with Crippen LogP contribution in [-0.2, 0) is 6.42 Å². The second-order valence-corrected chi connectivity index (χ2v) is 7.06. The molecule has 1 aliphatic carbocycles. The number of oxazole rings is 1. The number of rotatable bonds is 3. The molecule has 0 bridgehead atoms. The zero-order valence-corrected chi connectivity index (χ0v) is 15.4. The molecule has 3 aromatic heterocycles. The zero-order chi connectivity index (χ0) is 19.1. The number of aromatic nitrogens is 4. The van der Waals surface area contributed by atoms with Crippen molar-refractivity contribution in [3.8, 4) is 17.5 Å². The van der Waals surface area contributed by atoms with E-state index < -0.39 is 0 Å². The van der Waals surface area contributed by atoms with Gasteiger partial charge in [-0.1, -0.05) is 0 Å². The van der Waals surface area contributed by atoms with Crippen molar-refractivity contribution in [2.75, 3.05) is 5.32 Å². The van der Waals surface area contributed by atoms with Crippen LogP contribution in [0.3, 0.4) is 0 Å². The molecular formula is C21H18N6O. The monoisotopic (exact) mass is 370 g/mol. The smallest absolute Gasteiger partial charge is 0.181 e. The van der Waals surface area contributed by atoms with Crippen molar-refractivity contribution in [3.63, 3.8) is 0 Å². The fourth-order valence-electron chi connectivity index (χ4n) is 3.98. The van der Waals surface area contributed by atoms with Crippen molar-refractivity contribution >= 4 is 16.6 Å². The minimum absolute atomic E-state index is 0.119. The van der Waals surface area contributed by atoms with E-state index in [-0.39, 0.29) is 6.04 Å². The molecule has 1 atom stereocenters. The normalized spacial score (nSPS) is 15.9. The maximum Gasteiger partial charge on any atom is 0.181 e. The maximum atomic E-state index is 9.28. The first kappa shape index (κ1) is 16.5. The summed E-state index contributed by atoms with van der Waals surface area (Å²) in [6.07, 6.45) is 7.80. The average molecular weight is 370 g/mol. The van der Waals surface area contributed by atoms with Crippen LogP contribution in [-0.4, -0.2) is 20.2 Å². The molecule has 4 aromatic rings. The van der Waals surface area contributed by atoms with Gasteiger partial charge in [0.1, 0.15) is 11.8 Å². The van der Waals surface area contributed by atoms with Crippen molar-refractivity contribution in [3.05, 3.63) is 59.4 Å². The standard InChI is InChI=1S/C21H18N6O/c1-12-13(8-22)9-24-20-15(12)3-2-4-18(20)25-14-5-6-17-16(7-14)21(27-26-17)19-10-23-11-28-19/h5-7,9-11,18,25H,2-4H2,1H3,(H,26,27)/t18-/m1/s1. The van der Waals surface area contributed by atoms with Crippen molar-refractivity contribution in [1.29, 1.82) is 5.26 Å². The molecule has 5 rings (SSSR count). The van der Waals surface area contributed by atoms with Crippen LogP contribution in [0.15, 0.2) is 41.4 Å². The van der Waals surface area contributed by atoms with Gasteiger partial charge < -0.3 is 9.73 Å². The van der Waals surface area contributed by atoms with Gasteiger partial charge in [0.2, 0.25) is 0 Å². The highest BCUT2D eigenvalue weighted by molar-refractivity contribution is 5.93. The highest BCUT2D eigenvalue weighted by Crippen LogP contribution is 2.35. The van der Waals surface area contributed by atoms with Crippen LogP contribution in [0.2, 0.25) is 0 Å². The van der Waals surface area contributed by atoms with Crippen molar-refractivity contribution < 1.29 is 4.42 Å². The van der Waals surface area contributed by atoms with Crippen LogP contribution >= 0.6 is 0 Å². The Balaban J connectivity index is 1.51. The number of fused-ring (bicyclic) bond motifs is 2. The number of nitrogens with zero attached hydrogens (tertiary/aromatic N) is 4. The summed E-state index contributed by atoms with van der Waals surface area (Å²) in [5.74, 6) is 0.632. The first-order chi connectivity index (χ1) is 13.7. The molecule has 3 heterocycles. The molecule has 138 valence electrons. The number of anilines is 1. The lowest BCUT2D eigenvalue weighted by Crippen LogP contribution is -2.20. The summed E-state index contributed by atoms with van der Waals surface area (Å²) < 4.78 is 5.41. The van der Waals surface area contributed by atoms with Gasteiger partial charge in [-0.05, 0) is 55.5 Å². The molecule has 1 aromatic carbocycles. The summed E-state index contributed by atoms with van der Waals surface area (Å²) in [4.78, 5) is 8.59. The van der Waals surface area contributed by atoms with Gasteiger partial charge in [-0.15, -0.1) is 0 Å². The van der Waals surface area contributed by atoms with Gasteiger partial charge in [0.05, 0.1) is 29.0 Å². The second kappa shape index (κ2) is 6.50. The van der Waals surface area contributed by atoms with E-state index in [1.54, 1.807) is 12.4 Å². The van der Waals surface area contributed by atoms with E-state index in [0.717, 1.165) is 52.8 Å².